The van der Waals surface area contributed by atoms with Gasteiger partial charge in [0.1, 0.15) is 16.2 Å². The van der Waals surface area contributed by atoms with Crippen molar-refractivity contribution in [1.82, 2.24) is 19.3 Å². The summed E-state index contributed by atoms with van der Waals surface area (Å²) in [5, 5.41) is 1.87. The number of aromatic nitrogens is 4. The Bertz CT molecular complexity index is 661. The summed E-state index contributed by atoms with van der Waals surface area (Å²) in [5.41, 5.74) is 5.70. The summed E-state index contributed by atoms with van der Waals surface area (Å²) in [7, 11) is 0. The molecule has 0 atom stereocenters. The molecular formula is C9H7N5S3. The fourth-order valence-electron chi connectivity index (χ4n) is 1.40. The van der Waals surface area contributed by atoms with E-state index >= 15 is 0 Å². The number of aryl methyl sites for hydroxylation is 1. The third-order valence-corrected chi connectivity index (χ3v) is 4.69. The molecule has 86 valence electrons. The van der Waals surface area contributed by atoms with Crippen LogP contribution in [0.15, 0.2) is 21.8 Å². The van der Waals surface area contributed by atoms with E-state index in [1.54, 1.807) is 11.3 Å². The van der Waals surface area contributed by atoms with E-state index in [-0.39, 0.29) is 0 Å². The van der Waals surface area contributed by atoms with Crippen LogP contribution in [0.4, 0.5) is 5.95 Å². The third kappa shape index (κ3) is 2.11. The first-order valence-corrected chi connectivity index (χ1v) is 7.11. The van der Waals surface area contributed by atoms with Gasteiger partial charge in [-0.2, -0.15) is 4.37 Å². The van der Waals surface area contributed by atoms with E-state index < -0.39 is 0 Å². The summed E-state index contributed by atoms with van der Waals surface area (Å²) in [6, 6.07) is 2.07. The molecule has 0 unspecified atom stereocenters. The molecule has 2 N–H and O–H groups in total. The van der Waals surface area contributed by atoms with Crippen LogP contribution in [0.2, 0.25) is 0 Å². The standard InChI is InChI=1S/C9H7N5S3/c1-4-2-5-6(15-4)13-8(10)14-7(5)16-9-11-3-12-17-9/h2-3H,1H3,(H2,10,13,14). The highest BCUT2D eigenvalue weighted by Gasteiger charge is 2.12. The third-order valence-electron chi connectivity index (χ3n) is 2.02. The summed E-state index contributed by atoms with van der Waals surface area (Å²) >= 11 is 4.43. The molecule has 17 heavy (non-hydrogen) atoms. The molecule has 0 fully saturated rings. The first-order chi connectivity index (χ1) is 8.22. The first-order valence-electron chi connectivity index (χ1n) is 4.70. The highest BCUT2D eigenvalue weighted by molar-refractivity contribution is 8.01. The van der Waals surface area contributed by atoms with Crippen LogP contribution >= 0.6 is 34.6 Å². The first kappa shape index (κ1) is 10.9. The number of thiophene rings is 1. The zero-order valence-corrected chi connectivity index (χ0v) is 11.2. The van der Waals surface area contributed by atoms with Crippen molar-refractivity contribution in [2.75, 3.05) is 5.73 Å². The number of nitrogens with zero attached hydrogens (tertiary/aromatic N) is 4. The maximum atomic E-state index is 5.70. The summed E-state index contributed by atoms with van der Waals surface area (Å²) in [6.45, 7) is 2.04. The largest absolute Gasteiger partial charge is 0.368 e. The number of nitrogens with two attached hydrogens (primary N) is 1. The fourth-order valence-corrected chi connectivity index (χ4v) is 3.81. The van der Waals surface area contributed by atoms with Gasteiger partial charge in [0.05, 0.1) is 0 Å². The molecule has 5 nitrogen and oxygen atoms in total. The van der Waals surface area contributed by atoms with Gasteiger partial charge in [-0.05, 0) is 36.3 Å². The summed E-state index contributed by atoms with van der Waals surface area (Å²) in [5.74, 6) is 0.298. The Morgan fingerprint density at radius 3 is 3.00 bits per heavy atom. The quantitative estimate of drug-likeness (QED) is 0.727. The Morgan fingerprint density at radius 2 is 2.24 bits per heavy atom. The molecule has 3 rings (SSSR count). The molecule has 3 aromatic heterocycles. The average Bonchev–Trinajstić information content (AvgIpc) is 2.86. The maximum absolute atomic E-state index is 5.70. The van der Waals surface area contributed by atoms with E-state index in [9.17, 15) is 0 Å². The lowest BCUT2D eigenvalue weighted by molar-refractivity contribution is 1.12. The predicted octanol–water partition coefficient (Wildman–Crippen LogP) is 2.58. The second-order valence-electron chi connectivity index (χ2n) is 3.27. The number of anilines is 1. The molecular weight excluding hydrogens is 274 g/mol. The van der Waals surface area contributed by atoms with E-state index in [1.165, 1.54) is 34.5 Å². The molecule has 0 aromatic carbocycles. The van der Waals surface area contributed by atoms with E-state index in [2.05, 4.69) is 25.4 Å². The molecule has 0 bridgehead atoms. The van der Waals surface area contributed by atoms with Crippen molar-refractivity contribution in [3.63, 3.8) is 0 Å². The van der Waals surface area contributed by atoms with Crippen LogP contribution in [-0.2, 0) is 0 Å². The lowest BCUT2D eigenvalue weighted by Gasteiger charge is -1.99. The summed E-state index contributed by atoms with van der Waals surface area (Å²) in [4.78, 5) is 14.7. The van der Waals surface area contributed by atoms with Crippen LogP contribution in [0, 0.1) is 6.92 Å². The van der Waals surface area contributed by atoms with Crippen molar-refractivity contribution in [3.8, 4) is 0 Å². The Balaban J connectivity index is 2.14. The SMILES string of the molecule is Cc1cc2c(Sc3ncns3)nc(N)nc2s1. The minimum absolute atomic E-state index is 0.298. The molecule has 0 aliphatic rings. The van der Waals surface area contributed by atoms with E-state index in [0.717, 1.165) is 19.6 Å². The van der Waals surface area contributed by atoms with E-state index in [4.69, 9.17) is 5.73 Å². The molecule has 8 heteroatoms. The normalized spacial score (nSPS) is 11.1. The molecule has 0 aliphatic heterocycles. The van der Waals surface area contributed by atoms with Crippen LogP contribution < -0.4 is 5.73 Å². The highest BCUT2D eigenvalue weighted by atomic mass is 32.2. The van der Waals surface area contributed by atoms with Crippen molar-refractivity contribution in [2.45, 2.75) is 16.3 Å². The Morgan fingerprint density at radius 1 is 1.35 bits per heavy atom. The molecule has 3 heterocycles. The van der Waals surface area contributed by atoms with Crippen molar-refractivity contribution in [3.05, 3.63) is 17.3 Å². The second-order valence-corrected chi connectivity index (χ2v) is 6.52. The van der Waals surface area contributed by atoms with E-state index in [1.807, 2.05) is 6.92 Å². The van der Waals surface area contributed by atoms with Gasteiger partial charge in [-0.3, -0.25) is 0 Å². The lowest BCUT2D eigenvalue weighted by Crippen LogP contribution is -1.95. The van der Waals surface area contributed by atoms with Gasteiger partial charge in [-0.1, -0.05) is 0 Å². The number of fused-ring (bicyclic) bond motifs is 1. The Labute approximate surface area is 109 Å². The van der Waals surface area contributed by atoms with Gasteiger partial charge in [-0.25, -0.2) is 15.0 Å². The monoisotopic (exact) mass is 281 g/mol. The molecule has 0 saturated carbocycles. The molecule has 0 spiro atoms. The molecule has 0 aliphatic carbocycles. The lowest BCUT2D eigenvalue weighted by atomic mass is 10.4. The fraction of sp³-hybridized carbons (Fsp3) is 0.111. The van der Waals surface area contributed by atoms with Gasteiger partial charge in [0.25, 0.3) is 0 Å². The number of hydrogen-bond acceptors (Lipinski definition) is 8. The topological polar surface area (TPSA) is 77.6 Å². The number of nitrogen functional groups attached to an aromatic ring is 1. The van der Waals surface area contributed by atoms with Crippen molar-refractivity contribution >= 4 is 50.8 Å². The zero-order chi connectivity index (χ0) is 11.8. The van der Waals surface area contributed by atoms with Gasteiger partial charge in [-0.15, -0.1) is 11.3 Å². The summed E-state index contributed by atoms with van der Waals surface area (Å²) in [6.07, 6.45) is 1.54. The van der Waals surface area contributed by atoms with Crippen LogP contribution in [-0.4, -0.2) is 19.3 Å². The second kappa shape index (κ2) is 4.21. The van der Waals surface area contributed by atoms with Gasteiger partial charge >= 0.3 is 0 Å². The number of hydrogen-bond donors (Lipinski definition) is 1. The van der Waals surface area contributed by atoms with Crippen molar-refractivity contribution in [1.29, 1.82) is 0 Å². The Hall–Kier alpha value is -1.25. The summed E-state index contributed by atoms with van der Waals surface area (Å²) < 4.78 is 4.82. The van der Waals surface area contributed by atoms with Crippen LogP contribution in [0.25, 0.3) is 10.2 Å². The maximum Gasteiger partial charge on any atom is 0.222 e. The zero-order valence-electron chi connectivity index (χ0n) is 8.75. The van der Waals surface area contributed by atoms with Gasteiger partial charge in [0.2, 0.25) is 5.95 Å². The van der Waals surface area contributed by atoms with Gasteiger partial charge in [0, 0.05) is 10.3 Å². The molecule has 3 aromatic rings. The van der Waals surface area contributed by atoms with Crippen molar-refractivity contribution in [2.24, 2.45) is 0 Å². The molecule has 0 saturated heterocycles. The van der Waals surface area contributed by atoms with Crippen molar-refractivity contribution < 1.29 is 0 Å². The van der Waals surface area contributed by atoms with E-state index in [0.29, 0.717) is 5.95 Å². The smallest absolute Gasteiger partial charge is 0.222 e. The number of rotatable bonds is 2. The molecule has 0 radical (unpaired) electrons. The predicted molar refractivity (Wildman–Crippen MR) is 70.6 cm³/mol. The van der Waals surface area contributed by atoms with Gasteiger partial charge in [0.15, 0.2) is 4.34 Å². The average molecular weight is 281 g/mol. The minimum atomic E-state index is 0.298. The van der Waals surface area contributed by atoms with Crippen LogP contribution in [0.3, 0.4) is 0 Å². The van der Waals surface area contributed by atoms with Crippen LogP contribution in [0.5, 0.6) is 0 Å². The minimum Gasteiger partial charge on any atom is -0.368 e. The molecule has 0 amide bonds. The Kier molecular flexibility index (Phi) is 2.69. The van der Waals surface area contributed by atoms with Crippen LogP contribution in [0.1, 0.15) is 4.88 Å². The highest BCUT2D eigenvalue weighted by Crippen LogP contribution is 2.35. The van der Waals surface area contributed by atoms with Gasteiger partial charge < -0.3 is 5.73 Å².